The van der Waals surface area contributed by atoms with Gasteiger partial charge in [0.05, 0.1) is 0 Å². The number of rotatable bonds is 2. The van der Waals surface area contributed by atoms with Crippen LogP contribution in [-0.2, 0) is 4.79 Å². The summed E-state index contributed by atoms with van der Waals surface area (Å²) >= 11 is 0. The van der Waals surface area contributed by atoms with Crippen LogP contribution in [0.1, 0.15) is 5.56 Å². The molecule has 0 aliphatic rings. The van der Waals surface area contributed by atoms with E-state index in [9.17, 15) is 9.59 Å². The zero-order valence-corrected chi connectivity index (χ0v) is 8.21. The summed E-state index contributed by atoms with van der Waals surface area (Å²) in [5, 5.41) is 9.23. The minimum Gasteiger partial charge on any atom is -0.478 e. The highest BCUT2D eigenvalue weighted by Gasteiger charge is 1.97. The van der Waals surface area contributed by atoms with Crippen LogP contribution in [0, 0.1) is 0 Å². The van der Waals surface area contributed by atoms with Gasteiger partial charge in [0.2, 0.25) is 0 Å². The highest BCUT2D eigenvalue weighted by Crippen LogP contribution is 2.14. The van der Waals surface area contributed by atoms with E-state index in [2.05, 4.69) is 0 Å². The van der Waals surface area contributed by atoms with Crippen molar-refractivity contribution in [2.45, 2.75) is 0 Å². The number of carbonyl (C=O) groups is 1. The third-order valence-corrected chi connectivity index (χ3v) is 2.06. The number of fused-ring (bicyclic) bond motifs is 1. The molecule has 2 aromatic rings. The average molecular weight is 216 g/mol. The smallest absolute Gasteiger partial charge is 0.336 e. The molecular formula is C12H8O4. The Morgan fingerprint density at radius 2 is 2.06 bits per heavy atom. The minimum absolute atomic E-state index is 0.402. The first-order valence-corrected chi connectivity index (χ1v) is 4.60. The summed E-state index contributed by atoms with van der Waals surface area (Å²) in [6.45, 7) is 0. The molecule has 1 heterocycles. The lowest BCUT2D eigenvalue weighted by atomic mass is 10.1. The maximum absolute atomic E-state index is 10.9. The van der Waals surface area contributed by atoms with Crippen molar-refractivity contribution in [2.75, 3.05) is 0 Å². The summed E-state index contributed by atoms with van der Waals surface area (Å²) in [7, 11) is 0. The van der Waals surface area contributed by atoms with Crippen LogP contribution in [0.5, 0.6) is 0 Å². The molecule has 1 N–H and O–H groups in total. The molecule has 0 spiro atoms. The van der Waals surface area contributed by atoms with Gasteiger partial charge >= 0.3 is 11.6 Å². The average Bonchev–Trinajstić information content (AvgIpc) is 2.26. The van der Waals surface area contributed by atoms with Gasteiger partial charge < -0.3 is 9.52 Å². The fourth-order valence-corrected chi connectivity index (χ4v) is 1.36. The molecule has 0 amide bonds. The molecule has 0 aliphatic heterocycles. The molecule has 4 nitrogen and oxygen atoms in total. The Labute approximate surface area is 90.4 Å². The number of hydrogen-bond acceptors (Lipinski definition) is 3. The van der Waals surface area contributed by atoms with Crippen molar-refractivity contribution in [1.82, 2.24) is 0 Å². The second-order valence-electron chi connectivity index (χ2n) is 3.22. The first-order chi connectivity index (χ1) is 7.65. The lowest BCUT2D eigenvalue weighted by Gasteiger charge is -1.97. The van der Waals surface area contributed by atoms with Crippen molar-refractivity contribution in [3.63, 3.8) is 0 Å². The lowest BCUT2D eigenvalue weighted by molar-refractivity contribution is -0.131. The zero-order chi connectivity index (χ0) is 11.5. The summed E-state index contributed by atoms with van der Waals surface area (Å²) < 4.78 is 4.95. The molecule has 4 heteroatoms. The largest absolute Gasteiger partial charge is 0.478 e. The van der Waals surface area contributed by atoms with E-state index in [0.717, 1.165) is 17.0 Å². The summed E-state index contributed by atoms with van der Waals surface area (Å²) in [5.41, 5.74) is 0.824. The molecular weight excluding hydrogens is 208 g/mol. The fourth-order valence-electron chi connectivity index (χ4n) is 1.36. The molecule has 0 aliphatic carbocycles. The van der Waals surface area contributed by atoms with Crippen LogP contribution in [0.3, 0.4) is 0 Å². The van der Waals surface area contributed by atoms with Gasteiger partial charge in [0.15, 0.2) is 0 Å². The molecule has 0 bridgehead atoms. The third-order valence-electron chi connectivity index (χ3n) is 2.06. The van der Waals surface area contributed by atoms with Crippen LogP contribution in [-0.4, -0.2) is 11.1 Å². The van der Waals surface area contributed by atoms with Crippen molar-refractivity contribution in [1.29, 1.82) is 0 Å². The van der Waals surface area contributed by atoms with Gasteiger partial charge in [-0.05, 0) is 29.8 Å². The molecule has 0 atom stereocenters. The van der Waals surface area contributed by atoms with Gasteiger partial charge in [-0.15, -0.1) is 0 Å². The fraction of sp³-hybridized carbons (Fsp3) is 0. The number of aliphatic carboxylic acids is 1. The summed E-state index contributed by atoms with van der Waals surface area (Å²) in [4.78, 5) is 21.3. The van der Waals surface area contributed by atoms with Crippen molar-refractivity contribution in [3.05, 3.63) is 52.4 Å². The number of carboxylic acid groups (broad SMARTS) is 1. The van der Waals surface area contributed by atoms with Gasteiger partial charge in [-0.25, -0.2) is 9.59 Å². The molecule has 2 rings (SSSR count). The van der Waals surface area contributed by atoms with Crippen LogP contribution in [0.15, 0.2) is 45.6 Å². The van der Waals surface area contributed by atoms with Crippen molar-refractivity contribution in [3.8, 4) is 0 Å². The minimum atomic E-state index is -1.00. The maximum atomic E-state index is 10.9. The van der Waals surface area contributed by atoms with Crippen LogP contribution in [0.4, 0.5) is 0 Å². The number of carboxylic acids is 1. The highest BCUT2D eigenvalue weighted by atomic mass is 16.4. The van der Waals surface area contributed by atoms with Gasteiger partial charge in [-0.3, -0.25) is 0 Å². The quantitative estimate of drug-likeness (QED) is 0.614. The van der Waals surface area contributed by atoms with E-state index in [4.69, 9.17) is 9.52 Å². The predicted molar refractivity (Wildman–Crippen MR) is 59.2 cm³/mol. The first-order valence-electron chi connectivity index (χ1n) is 4.60. The Balaban J connectivity index is 2.48. The molecule has 1 aromatic carbocycles. The summed E-state index contributed by atoms with van der Waals surface area (Å²) in [6.07, 6.45) is 2.53. The maximum Gasteiger partial charge on any atom is 0.336 e. The van der Waals surface area contributed by atoms with E-state index in [1.807, 2.05) is 0 Å². The number of benzene rings is 1. The van der Waals surface area contributed by atoms with E-state index in [1.54, 1.807) is 24.3 Å². The van der Waals surface area contributed by atoms with Crippen molar-refractivity contribution >= 4 is 23.0 Å². The first kappa shape index (κ1) is 10.2. The van der Waals surface area contributed by atoms with Gasteiger partial charge in [0.1, 0.15) is 5.58 Å². The van der Waals surface area contributed by atoms with E-state index < -0.39 is 11.6 Å². The molecule has 0 fully saturated rings. The summed E-state index contributed by atoms with van der Waals surface area (Å²) in [5.74, 6) is -1.00. The second kappa shape index (κ2) is 4.02. The highest BCUT2D eigenvalue weighted by molar-refractivity contribution is 5.87. The molecule has 0 saturated carbocycles. The Kier molecular flexibility index (Phi) is 2.55. The van der Waals surface area contributed by atoms with Crippen LogP contribution < -0.4 is 5.63 Å². The van der Waals surface area contributed by atoms with Gasteiger partial charge in [-0.1, -0.05) is 6.07 Å². The standard InChI is InChI=1S/C12H8O4/c13-11(14)5-2-8-1-4-10-9(7-8)3-6-12(15)16-10/h1-7H,(H,13,14). The van der Waals surface area contributed by atoms with Crippen LogP contribution >= 0.6 is 0 Å². The molecule has 0 unspecified atom stereocenters. The Bertz CT molecular complexity index is 622. The molecule has 80 valence electrons. The Morgan fingerprint density at radius 3 is 2.81 bits per heavy atom. The SMILES string of the molecule is O=C(O)C=Cc1ccc2oc(=O)ccc2c1. The van der Waals surface area contributed by atoms with E-state index in [1.165, 1.54) is 12.1 Å². The molecule has 1 aromatic heterocycles. The molecule has 16 heavy (non-hydrogen) atoms. The van der Waals surface area contributed by atoms with Gasteiger partial charge in [0.25, 0.3) is 0 Å². The number of hydrogen-bond donors (Lipinski definition) is 1. The second-order valence-corrected chi connectivity index (χ2v) is 3.22. The third kappa shape index (κ3) is 2.17. The summed E-state index contributed by atoms with van der Waals surface area (Å²) in [6, 6.07) is 8.03. The predicted octanol–water partition coefficient (Wildman–Crippen LogP) is 1.89. The normalized spacial score (nSPS) is 11.0. The zero-order valence-electron chi connectivity index (χ0n) is 8.21. The lowest BCUT2D eigenvalue weighted by Crippen LogP contribution is -1.94. The van der Waals surface area contributed by atoms with E-state index in [0.29, 0.717) is 5.58 Å². The Morgan fingerprint density at radius 1 is 1.25 bits per heavy atom. The van der Waals surface area contributed by atoms with Gasteiger partial charge in [0, 0.05) is 17.5 Å². The molecule has 0 saturated heterocycles. The topological polar surface area (TPSA) is 67.5 Å². The van der Waals surface area contributed by atoms with E-state index in [-0.39, 0.29) is 0 Å². The van der Waals surface area contributed by atoms with E-state index >= 15 is 0 Å². The monoisotopic (exact) mass is 216 g/mol. The molecule has 0 radical (unpaired) electrons. The van der Waals surface area contributed by atoms with Gasteiger partial charge in [-0.2, -0.15) is 0 Å². The van der Waals surface area contributed by atoms with Crippen molar-refractivity contribution < 1.29 is 14.3 Å². The van der Waals surface area contributed by atoms with Crippen molar-refractivity contribution in [2.24, 2.45) is 0 Å². The van der Waals surface area contributed by atoms with Crippen LogP contribution in [0.25, 0.3) is 17.0 Å². The van der Waals surface area contributed by atoms with Crippen LogP contribution in [0.2, 0.25) is 0 Å². The Hall–Kier alpha value is -2.36.